The van der Waals surface area contributed by atoms with Crippen molar-refractivity contribution in [1.82, 2.24) is 5.32 Å². The fourth-order valence-electron chi connectivity index (χ4n) is 2.49. The molecule has 0 aromatic heterocycles. The first-order valence-electron chi connectivity index (χ1n) is 6.54. The summed E-state index contributed by atoms with van der Waals surface area (Å²) in [5.41, 5.74) is 1.88. The fraction of sp³-hybridized carbons (Fsp3) is 0.533. The average Bonchev–Trinajstić information content (AvgIpc) is 2.37. The van der Waals surface area contributed by atoms with E-state index in [4.69, 9.17) is 0 Å². The quantitative estimate of drug-likeness (QED) is 0.858. The van der Waals surface area contributed by atoms with Crippen LogP contribution in [0.3, 0.4) is 0 Å². The molecule has 0 bridgehead atoms. The lowest BCUT2D eigenvalue weighted by atomic mass is 9.82. The van der Waals surface area contributed by atoms with Crippen LogP contribution < -0.4 is 5.32 Å². The number of aliphatic hydroxyl groups excluding tert-OH is 1. The number of hydrogen-bond acceptors (Lipinski definition) is 2. The summed E-state index contributed by atoms with van der Waals surface area (Å²) in [5, 5.41) is 12.1. The van der Waals surface area contributed by atoms with Gasteiger partial charge in [-0.25, -0.2) is 0 Å². The third-order valence-electron chi connectivity index (χ3n) is 3.54. The van der Waals surface area contributed by atoms with Gasteiger partial charge in [0.25, 0.3) is 0 Å². The van der Waals surface area contributed by atoms with Gasteiger partial charge in [-0.2, -0.15) is 0 Å². The largest absolute Gasteiger partial charge is 0.394 e. The predicted molar refractivity (Wildman–Crippen MR) is 71.4 cm³/mol. The highest BCUT2D eigenvalue weighted by Gasteiger charge is 2.29. The molecule has 0 radical (unpaired) electrons. The van der Waals surface area contributed by atoms with Gasteiger partial charge in [0.05, 0.1) is 18.1 Å². The molecular weight excluding hydrogens is 226 g/mol. The van der Waals surface area contributed by atoms with Gasteiger partial charge >= 0.3 is 0 Å². The third-order valence-corrected chi connectivity index (χ3v) is 3.54. The van der Waals surface area contributed by atoms with Gasteiger partial charge in [0.2, 0.25) is 5.91 Å². The monoisotopic (exact) mass is 247 g/mol. The second kappa shape index (κ2) is 5.11. The van der Waals surface area contributed by atoms with E-state index >= 15 is 0 Å². The lowest BCUT2D eigenvalue weighted by Gasteiger charge is -2.30. The molecule has 18 heavy (non-hydrogen) atoms. The Morgan fingerprint density at radius 3 is 2.89 bits per heavy atom. The first-order chi connectivity index (χ1) is 8.53. The molecule has 0 saturated heterocycles. The van der Waals surface area contributed by atoms with Crippen LogP contribution in [0.1, 0.15) is 43.7 Å². The molecule has 3 heteroatoms. The van der Waals surface area contributed by atoms with Gasteiger partial charge in [0, 0.05) is 0 Å². The van der Waals surface area contributed by atoms with Crippen LogP contribution in [0.2, 0.25) is 0 Å². The molecule has 98 valence electrons. The number of aryl methyl sites for hydroxylation is 1. The van der Waals surface area contributed by atoms with E-state index in [2.05, 4.69) is 11.4 Å². The van der Waals surface area contributed by atoms with E-state index in [-0.39, 0.29) is 18.4 Å². The van der Waals surface area contributed by atoms with Crippen LogP contribution in [0.5, 0.6) is 0 Å². The Bertz CT molecular complexity index is 440. The third kappa shape index (κ3) is 2.72. The average molecular weight is 247 g/mol. The van der Waals surface area contributed by atoms with Crippen LogP contribution in [0, 0.1) is 0 Å². The van der Waals surface area contributed by atoms with Crippen molar-refractivity contribution < 1.29 is 9.90 Å². The first-order valence-corrected chi connectivity index (χ1v) is 6.54. The minimum Gasteiger partial charge on any atom is -0.394 e. The maximum Gasteiger partial charge on any atom is 0.228 e. The topological polar surface area (TPSA) is 49.3 Å². The molecule has 2 N–H and O–H groups in total. The summed E-state index contributed by atoms with van der Waals surface area (Å²) in [6, 6.07) is 8.16. The number of carbonyl (C=O) groups excluding carboxylic acids is 1. The highest BCUT2D eigenvalue weighted by Crippen LogP contribution is 2.31. The van der Waals surface area contributed by atoms with Crippen molar-refractivity contribution in [2.75, 3.05) is 6.61 Å². The Morgan fingerprint density at radius 2 is 2.17 bits per heavy atom. The molecule has 1 aromatic rings. The van der Waals surface area contributed by atoms with E-state index in [0.29, 0.717) is 0 Å². The summed E-state index contributed by atoms with van der Waals surface area (Å²) in [5.74, 6) is -0.0398. The van der Waals surface area contributed by atoms with Crippen LogP contribution in [-0.4, -0.2) is 23.2 Å². The van der Waals surface area contributed by atoms with Gasteiger partial charge in [-0.3, -0.25) is 4.79 Å². The summed E-state index contributed by atoms with van der Waals surface area (Å²) >= 11 is 0. The van der Waals surface area contributed by atoms with Crippen molar-refractivity contribution >= 4 is 5.91 Å². The molecule has 0 saturated carbocycles. The number of benzene rings is 1. The standard InChI is InChI=1S/C15H21NO2/c1-15(2,10-17)16-14(18)13-9-5-7-11-6-3-4-8-12(11)13/h3-4,6,8,13,17H,5,7,9-10H2,1-2H3,(H,16,18). The normalized spacial score (nSPS) is 19.2. The molecule has 1 aliphatic rings. The smallest absolute Gasteiger partial charge is 0.228 e. The van der Waals surface area contributed by atoms with Crippen LogP contribution in [0.4, 0.5) is 0 Å². The fourth-order valence-corrected chi connectivity index (χ4v) is 2.49. The summed E-state index contributed by atoms with van der Waals surface area (Å²) in [6.45, 7) is 3.62. The Morgan fingerprint density at radius 1 is 1.44 bits per heavy atom. The molecule has 0 fully saturated rings. The molecule has 1 unspecified atom stereocenters. The lowest BCUT2D eigenvalue weighted by molar-refractivity contribution is -0.125. The molecular formula is C15H21NO2. The molecule has 1 aromatic carbocycles. The van der Waals surface area contributed by atoms with E-state index in [1.54, 1.807) is 0 Å². The van der Waals surface area contributed by atoms with Gasteiger partial charge in [0.15, 0.2) is 0 Å². The molecule has 1 atom stereocenters. The minimum atomic E-state index is -0.552. The zero-order valence-electron chi connectivity index (χ0n) is 11.1. The number of fused-ring (bicyclic) bond motifs is 1. The Kier molecular flexibility index (Phi) is 3.71. The zero-order valence-corrected chi connectivity index (χ0v) is 11.1. The second-order valence-electron chi connectivity index (χ2n) is 5.67. The number of nitrogens with one attached hydrogen (secondary N) is 1. The number of rotatable bonds is 3. The maximum absolute atomic E-state index is 12.3. The molecule has 0 heterocycles. The van der Waals surface area contributed by atoms with Gasteiger partial charge in [0.1, 0.15) is 0 Å². The summed E-state index contributed by atoms with van der Waals surface area (Å²) < 4.78 is 0. The van der Waals surface area contributed by atoms with Crippen molar-refractivity contribution in [1.29, 1.82) is 0 Å². The van der Waals surface area contributed by atoms with Crippen LogP contribution in [0.25, 0.3) is 0 Å². The summed E-state index contributed by atoms with van der Waals surface area (Å²) in [4.78, 5) is 12.3. The summed E-state index contributed by atoms with van der Waals surface area (Å²) in [6.07, 6.45) is 3.00. The molecule has 0 aliphatic heterocycles. The van der Waals surface area contributed by atoms with Crippen molar-refractivity contribution in [2.45, 2.75) is 44.6 Å². The van der Waals surface area contributed by atoms with Crippen molar-refractivity contribution in [3.63, 3.8) is 0 Å². The van der Waals surface area contributed by atoms with E-state index in [9.17, 15) is 9.90 Å². The Labute approximate surface area is 108 Å². The zero-order chi connectivity index (χ0) is 13.2. The lowest BCUT2D eigenvalue weighted by Crippen LogP contribution is -2.48. The van der Waals surface area contributed by atoms with E-state index in [1.807, 2.05) is 32.0 Å². The minimum absolute atomic E-state index is 0.0289. The number of hydrogen-bond donors (Lipinski definition) is 2. The SMILES string of the molecule is CC(C)(CO)NC(=O)C1CCCc2ccccc21. The van der Waals surface area contributed by atoms with E-state index < -0.39 is 5.54 Å². The molecule has 2 rings (SSSR count). The first kappa shape index (κ1) is 13.1. The number of carbonyl (C=O) groups is 1. The second-order valence-corrected chi connectivity index (χ2v) is 5.67. The van der Waals surface area contributed by atoms with Gasteiger partial charge in [-0.15, -0.1) is 0 Å². The highest BCUT2D eigenvalue weighted by atomic mass is 16.3. The van der Waals surface area contributed by atoms with Gasteiger partial charge in [-0.05, 0) is 44.2 Å². The predicted octanol–water partition coefficient (Wildman–Crippen LogP) is 1.99. The molecule has 1 amide bonds. The van der Waals surface area contributed by atoms with Gasteiger partial charge < -0.3 is 10.4 Å². The van der Waals surface area contributed by atoms with E-state index in [0.717, 1.165) is 24.8 Å². The molecule has 1 aliphatic carbocycles. The van der Waals surface area contributed by atoms with Crippen LogP contribution >= 0.6 is 0 Å². The van der Waals surface area contributed by atoms with Crippen molar-refractivity contribution in [3.8, 4) is 0 Å². The molecule has 3 nitrogen and oxygen atoms in total. The molecule has 0 spiro atoms. The maximum atomic E-state index is 12.3. The van der Waals surface area contributed by atoms with Crippen molar-refractivity contribution in [3.05, 3.63) is 35.4 Å². The Hall–Kier alpha value is -1.35. The summed E-state index contributed by atoms with van der Waals surface area (Å²) in [7, 11) is 0. The van der Waals surface area contributed by atoms with Crippen LogP contribution in [0.15, 0.2) is 24.3 Å². The van der Waals surface area contributed by atoms with Gasteiger partial charge in [-0.1, -0.05) is 24.3 Å². The Balaban J connectivity index is 2.18. The van der Waals surface area contributed by atoms with E-state index in [1.165, 1.54) is 5.56 Å². The highest BCUT2D eigenvalue weighted by molar-refractivity contribution is 5.85. The van der Waals surface area contributed by atoms with Crippen molar-refractivity contribution in [2.24, 2.45) is 0 Å². The number of aliphatic hydroxyl groups is 1. The number of amides is 1. The van der Waals surface area contributed by atoms with Crippen LogP contribution in [-0.2, 0) is 11.2 Å².